The Morgan fingerprint density at radius 1 is 0.950 bits per heavy atom. The van der Waals surface area contributed by atoms with E-state index in [9.17, 15) is 24.3 Å². The van der Waals surface area contributed by atoms with Gasteiger partial charge in [-0.1, -0.05) is 60.7 Å². The molecule has 2 aliphatic heterocycles. The summed E-state index contributed by atoms with van der Waals surface area (Å²) in [6, 6.07) is 18.7. The Balaban J connectivity index is 1.29. The molecule has 0 spiro atoms. The Bertz CT molecular complexity index is 1180. The van der Waals surface area contributed by atoms with Gasteiger partial charge >= 0.3 is 17.9 Å². The summed E-state index contributed by atoms with van der Waals surface area (Å²) in [6.45, 7) is 3.21. The molecule has 2 aromatic rings. The summed E-state index contributed by atoms with van der Waals surface area (Å²) in [7, 11) is 0. The van der Waals surface area contributed by atoms with Crippen molar-refractivity contribution in [3.8, 4) is 0 Å². The fourth-order valence-corrected chi connectivity index (χ4v) is 5.03. The van der Waals surface area contributed by atoms with Crippen LogP contribution in [0.5, 0.6) is 0 Å². The molecule has 2 N–H and O–H groups in total. The van der Waals surface area contributed by atoms with Gasteiger partial charge in [-0.25, -0.2) is 4.79 Å². The minimum atomic E-state index is -0.965. The van der Waals surface area contributed by atoms with Crippen LogP contribution >= 0.6 is 0 Å². The SMILES string of the molecule is CC1(C)O[C@H]2[C@H](COC(=O)CCNC(=O)[C@H](Cc3ccccc3)C[C@@H](Cc3ccccc3)C(=O)O)OC(=O)[C@H]2O1. The molecular weight excluding hydrogens is 518 g/mol. The van der Waals surface area contributed by atoms with E-state index >= 15 is 0 Å². The van der Waals surface area contributed by atoms with Crippen LogP contribution in [0.15, 0.2) is 60.7 Å². The van der Waals surface area contributed by atoms with Crippen LogP contribution in [0, 0.1) is 11.8 Å². The Hall–Kier alpha value is -3.76. The lowest BCUT2D eigenvalue weighted by molar-refractivity contribution is -0.191. The van der Waals surface area contributed by atoms with Gasteiger partial charge in [-0.05, 0) is 44.2 Å². The topological polar surface area (TPSA) is 137 Å². The Labute approximate surface area is 232 Å². The molecule has 2 heterocycles. The van der Waals surface area contributed by atoms with Crippen LogP contribution in [0.4, 0.5) is 0 Å². The van der Waals surface area contributed by atoms with E-state index < -0.39 is 53.8 Å². The zero-order chi connectivity index (χ0) is 28.7. The molecule has 4 rings (SSSR count). The summed E-state index contributed by atoms with van der Waals surface area (Å²) in [4.78, 5) is 49.6. The smallest absolute Gasteiger partial charge is 0.338 e. The van der Waals surface area contributed by atoms with Gasteiger partial charge in [0.25, 0.3) is 0 Å². The third-order valence-electron chi connectivity index (χ3n) is 6.97. The number of nitrogens with one attached hydrogen (secondary N) is 1. The number of aliphatic carboxylic acids is 1. The monoisotopic (exact) mass is 553 g/mol. The van der Waals surface area contributed by atoms with Crippen molar-refractivity contribution in [3.63, 3.8) is 0 Å². The van der Waals surface area contributed by atoms with E-state index in [4.69, 9.17) is 18.9 Å². The van der Waals surface area contributed by atoms with Crippen molar-refractivity contribution in [3.05, 3.63) is 71.8 Å². The Morgan fingerprint density at radius 3 is 2.15 bits per heavy atom. The molecule has 2 saturated heterocycles. The Morgan fingerprint density at radius 2 is 1.55 bits per heavy atom. The lowest BCUT2D eigenvalue weighted by Crippen LogP contribution is -2.36. The van der Waals surface area contributed by atoms with Crippen molar-refractivity contribution >= 4 is 23.8 Å². The number of carboxylic acid groups (broad SMARTS) is 1. The standard InChI is InChI=1S/C30H35NO9/c1-30(2)39-25-23(38-29(36)26(25)40-30)18-37-24(32)13-14-31-27(33)21(15-19-9-5-3-6-10-19)17-22(28(34)35)16-20-11-7-4-8-12-20/h3-12,21-23,25-26H,13-18H2,1-2H3,(H,31,33)(H,34,35)/t21-,22-,23+,25+,26+/m1/s1. The fraction of sp³-hybridized carbons (Fsp3) is 0.467. The van der Waals surface area contributed by atoms with Gasteiger partial charge in [0.1, 0.15) is 12.7 Å². The molecule has 10 heteroatoms. The fourth-order valence-electron chi connectivity index (χ4n) is 5.03. The van der Waals surface area contributed by atoms with Crippen LogP contribution in [0.1, 0.15) is 37.8 Å². The summed E-state index contributed by atoms with van der Waals surface area (Å²) < 4.78 is 21.7. The second-order valence-electron chi connectivity index (χ2n) is 10.6. The molecule has 10 nitrogen and oxygen atoms in total. The average molecular weight is 554 g/mol. The highest BCUT2D eigenvalue weighted by Gasteiger charge is 2.56. The molecule has 5 atom stereocenters. The van der Waals surface area contributed by atoms with Crippen molar-refractivity contribution in [1.82, 2.24) is 5.32 Å². The lowest BCUT2D eigenvalue weighted by Gasteiger charge is -2.22. The number of esters is 2. The zero-order valence-electron chi connectivity index (χ0n) is 22.6. The van der Waals surface area contributed by atoms with Crippen molar-refractivity contribution in [2.45, 2.75) is 63.6 Å². The highest BCUT2D eigenvalue weighted by Crippen LogP contribution is 2.36. The predicted molar refractivity (Wildman–Crippen MR) is 142 cm³/mol. The summed E-state index contributed by atoms with van der Waals surface area (Å²) in [5.74, 6) is -4.73. The van der Waals surface area contributed by atoms with Crippen molar-refractivity contribution in [1.29, 1.82) is 0 Å². The van der Waals surface area contributed by atoms with Crippen LogP contribution in [0.2, 0.25) is 0 Å². The van der Waals surface area contributed by atoms with Crippen molar-refractivity contribution < 1.29 is 43.2 Å². The molecule has 0 aromatic heterocycles. The van der Waals surface area contributed by atoms with Gasteiger partial charge in [0.2, 0.25) is 5.91 Å². The normalized spacial score (nSPS) is 22.6. The van der Waals surface area contributed by atoms with Crippen molar-refractivity contribution in [2.24, 2.45) is 11.8 Å². The molecule has 0 aliphatic carbocycles. The first-order chi connectivity index (χ1) is 19.1. The molecule has 0 radical (unpaired) electrons. The molecule has 214 valence electrons. The van der Waals surface area contributed by atoms with Gasteiger partial charge in [0.05, 0.1) is 12.3 Å². The highest BCUT2D eigenvalue weighted by atomic mass is 16.8. The van der Waals surface area contributed by atoms with E-state index in [0.29, 0.717) is 12.8 Å². The van der Waals surface area contributed by atoms with Gasteiger partial charge in [0.15, 0.2) is 18.0 Å². The second-order valence-corrected chi connectivity index (χ2v) is 10.6. The number of cyclic esters (lactones) is 1. The predicted octanol–water partition coefficient (Wildman–Crippen LogP) is 2.67. The first-order valence-electron chi connectivity index (χ1n) is 13.4. The largest absolute Gasteiger partial charge is 0.481 e. The third-order valence-corrected chi connectivity index (χ3v) is 6.97. The van der Waals surface area contributed by atoms with E-state index in [0.717, 1.165) is 11.1 Å². The molecular formula is C30H35NO9. The summed E-state index contributed by atoms with van der Waals surface area (Å²) in [5, 5.41) is 12.7. The van der Waals surface area contributed by atoms with Gasteiger partial charge in [-0.2, -0.15) is 0 Å². The maximum Gasteiger partial charge on any atom is 0.338 e. The van der Waals surface area contributed by atoms with Gasteiger partial charge in [0, 0.05) is 12.5 Å². The number of hydrogen-bond acceptors (Lipinski definition) is 8. The van der Waals surface area contributed by atoms with Gasteiger partial charge in [-0.15, -0.1) is 0 Å². The number of amides is 1. The van der Waals surface area contributed by atoms with Gasteiger partial charge in [-0.3, -0.25) is 14.4 Å². The van der Waals surface area contributed by atoms with Crippen LogP contribution in [-0.4, -0.2) is 66.2 Å². The number of ether oxygens (including phenoxy) is 4. The molecule has 0 unspecified atom stereocenters. The van der Waals surface area contributed by atoms with E-state index in [1.165, 1.54) is 0 Å². The number of carboxylic acids is 1. The van der Waals surface area contributed by atoms with Crippen LogP contribution < -0.4 is 5.32 Å². The maximum atomic E-state index is 13.2. The van der Waals surface area contributed by atoms with E-state index in [-0.39, 0.29) is 31.9 Å². The van der Waals surface area contributed by atoms with Crippen LogP contribution in [0.3, 0.4) is 0 Å². The molecule has 0 bridgehead atoms. The zero-order valence-corrected chi connectivity index (χ0v) is 22.6. The maximum absolute atomic E-state index is 13.2. The number of rotatable bonds is 13. The lowest BCUT2D eigenvalue weighted by atomic mass is 9.85. The number of hydrogen-bond donors (Lipinski definition) is 2. The molecule has 40 heavy (non-hydrogen) atoms. The van der Waals surface area contributed by atoms with Crippen molar-refractivity contribution in [2.75, 3.05) is 13.2 Å². The van der Waals surface area contributed by atoms with E-state index in [2.05, 4.69) is 5.32 Å². The Kier molecular flexibility index (Phi) is 9.54. The van der Waals surface area contributed by atoms with Crippen LogP contribution in [-0.2, 0) is 51.0 Å². The van der Waals surface area contributed by atoms with Crippen LogP contribution in [0.25, 0.3) is 0 Å². The quantitative estimate of drug-likeness (QED) is 0.359. The molecule has 2 aliphatic rings. The minimum absolute atomic E-state index is 0.0164. The molecule has 2 fully saturated rings. The number of carbonyl (C=O) groups excluding carboxylic acids is 3. The summed E-state index contributed by atoms with van der Waals surface area (Å²) >= 11 is 0. The van der Waals surface area contributed by atoms with E-state index in [1.54, 1.807) is 13.8 Å². The molecule has 2 aromatic carbocycles. The second kappa shape index (κ2) is 13.1. The first kappa shape index (κ1) is 29.2. The first-order valence-corrected chi connectivity index (χ1v) is 13.4. The summed E-state index contributed by atoms with van der Waals surface area (Å²) in [5.41, 5.74) is 1.80. The highest BCUT2D eigenvalue weighted by molar-refractivity contribution is 5.81. The molecule has 1 amide bonds. The summed E-state index contributed by atoms with van der Waals surface area (Å²) in [6.07, 6.45) is -1.57. The minimum Gasteiger partial charge on any atom is -0.481 e. The molecule has 0 saturated carbocycles. The van der Waals surface area contributed by atoms with E-state index in [1.807, 2.05) is 60.7 Å². The van der Waals surface area contributed by atoms with Gasteiger partial charge < -0.3 is 29.4 Å². The third kappa shape index (κ3) is 7.89. The number of carbonyl (C=O) groups is 4. The number of benzene rings is 2. The average Bonchev–Trinajstić information content (AvgIpc) is 3.40. The number of fused-ring (bicyclic) bond motifs is 1.